The van der Waals surface area contributed by atoms with Gasteiger partial charge in [-0.15, -0.1) is 0 Å². The smallest absolute Gasteiger partial charge is 0.274 e. The Kier molecular flexibility index (Phi) is 3.78. The lowest BCUT2D eigenvalue weighted by molar-refractivity contribution is 0.0666. The van der Waals surface area contributed by atoms with Crippen molar-refractivity contribution >= 4 is 11.6 Å². The number of imidazole rings is 1. The van der Waals surface area contributed by atoms with Gasteiger partial charge < -0.3 is 9.30 Å². The molecule has 1 aliphatic heterocycles. The standard InChI is InChI=1S/C18H22N6O/c1-12-6-4-8-17-20-16(11-23(12)17)18(25)22-9-5-7-15(10-22)24-14(3)19-13(2)21-24/h4,6,8,11,15H,5,7,9-10H2,1-3H3/t15-/m1/s1. The number of fused-ring (bicyclic) bond motifs is 1. The molecular weight excluding hydrogens is 316 g/mol. The number of rotatable bonds is 2. The van der Waals surface area contributed by atoms with E-state index < -0.39 is 0 Å². The molecule has 0 saturated carbocycles. The van der Waals surface area contributed by atoms with Crippen molar-refractivity contribution in [3.63, 3.8) is 0 Å². The van der Waals surface area contributed by atoms with E-state index in [4.69, 9.17) is 0 Å². The predicted molar refractivity (Wildman–Crippen MR) is 93.6 cm³/mol. The summed E-state index contributed by atoms with van der Waals surface area (Å²) in [7, 11) is 0. The zero-order valence-corrected chi connectivity index (χ0v) is 14.8. The summed E-state index contributed by atoms with van der Waals surface area (Å²) in [6.45, 7) is 7.28. The zero-order chi connectivity index (χ0) is 17.6. The van der Waals surface area contributed by atoms with Gasteiger partial charge in [0.25, 0.3) is 5.91 Å². The maximum Gasteiger partial charge on any atom is 0.274 e. The molecule has 0 unspecified atom stereocenters. The van der Waals surface area contributed by atoms with Crippen LogP contribution in [0.5, 0.6) is 0 Å². The Morgan fingerprint density at radius 3 is 2.76 bits per heavy atom. The molecular formula is C18H22N6O. The van der Waals surface area contributed by atoms with Crippen LogP contribution in [0.25, 0.3) is 5.65 Å². The van der Waals surface area contributed by atoms with Gasteiger partial charge in [-0.2, -0.15) is 5.10 Å². The molecule has 4 heterocycles. The Hall–Kier alpha value is -2.70. The number of carbonyl (C=O) groups is 1. The average Bonchev–Trinajstić information content (AvgIpc) is 3.18. The van der Waals surface area contributed by atoms with Gasteiger partial charge in [-0.1, -0.05) is 6.07 Å². The van der Waals surface area contributed by atoms with E-state index in [0.29, 0.717) is 12.2 Å². The number of nitrogens with zero attached hydrogens (tertiary/aromatic N) is 6. The third kappa shape index (κ3) is 2.79. The minimum absolute atomic E-state index is 0.0118. The Morgan fingerprint density at radius 1 is 1.20 bits per heavy atom. The molecule has 1 saturated heterocycles. The average molecular weight is 338 g/mol. The van der Waals surface area contributed by atoms with E-state index in [9.17, 15) is 4.79 Å². The van der Waals surface area contributed by atoms with Crippen molar-refractivity contribution in [1.82, 2.24) is 29.0 Å². The Bertz CT molecular complexity index is 940. The normalized spacial score (nSPS) is 18.0. The van der Waals surface area contributed by atoms with Gasteiger partial charge in [0.05, 0.1) is 6.04 Å². The molecule has 0 N–H and O–H groups in total. The summed E-state index contributed by atoms with van der Waals surface area (Å²) >= 11 is 0. The summed E-state index contributed by atoms with van der Waals surface area (Å²) in [6, 6.07) is 6.07. The van der Waals surface area contributed by atoms with Crippen LogP contribution in [0.4, 0.5) is 0 Å². The van der Waals surface area contributed by atoms with Gasteiger partial charge in [0, 0.05) is 25.0 Å². The molecule has 7 heteroatoms. The highest BCUT2D eigenvalue weighted by molar-refractivity contribution is 5.93. The SMILES string of the molecule is Cc1nc(C)n([C@@H]2CCCN(C(=O)c3cn4c(C)cccc4n3)C2)n1. The quantitative estimate of drug-likeness (QED) is 0.719. The molecule has 1 fully saturated rings. The van der Waals surface area contributed by atoms with Gasteiger partial charge in [0.15, 0.2) is 0 Å². The molecule has 0 radical (unpaired) electrons. The largest absolute Gasteiger partial charge is 0.335 e. The molecule has 0 aliphatic carbocycles. The highest BCUT2D eigenvalue weighted by atomic mass is 16.2. The van der Waals surface area contributed by atoms with Gasteiger partial charge in [-0.05, 0) is 45.7 Å². The fourth-order valence-electron chi connectivity index (χ4n) is 3.63. The third-order valence-electron chi connectivity index (χ3n) is 4.85. The van der Waals surface area contributed by atoms with Gasteiger partial charge in [0.1, 0.15) is 23.0 Å². The number of likely N-dealkylation sites (tertiary alicyclic amines) is 1. The molecule has 7 nitrogen and oxygen atoms in total. The number of hydrogen-bond acceptors (Lipinski definition) is 4. The van der Waals surface area contributed by atoms with Crippen molar-refractivity contribution < 1.29 is 4.79 Å². The number of aromatic nitrogens is 5. The first-order valence-corrected chi connectivity index (χ1v) is 8.66. The minimum atomic E-state index is -0.0118. The van der Waals surface area contributed by atoms with Crippen molar-refractivity contribution in [3.8, 4) is 0 Å². The lowest BCUT2D eigenvalue weighted by Crippen LogP contribution is -2.41. The van der Waals surface area contributed by atoms with Crippen LogP contribution in [0.15, 0.2) is 24.4 Å². The molecule has 25 heavy (non-hydrogen) atoms. The number of amides is 1. The lowest BCUT2D eigenvalue weighted by atomic mass is 10.1. The first-order valence-electron chi connectivity index (χ1n) is 8.66. The van der Waals surface area contributed by atoms with Gasteiger partial charge in [0.2, 0.25) is 0 Å². The number of pyridine rings is 1. The molecule has 1 aliphatic rings. The number of carbonyl (C=O) groups excluding carboxylic acids is 1. The van der Waals surface area contributed by atoms with Crippen LogP contribution in [0.2, 0.25) is 0 Å². The van der Waals surface area contributed by atoms with Crippen LogP contribution in [-0.2, 0) is 0 Å². The third-order valence-corrected chi connectivity index (χ3v) is 4.85. The first kappa shape index (κ1) is 15.8. The van der Waals surface area contributed by atoms with Crippen LogP contribution in [0.3, 0.4) is 0 Å². The van der Waals surface area contributed by atoms with Gasteiger partial charge >= 0.3 is 0 Å². The van der Waals surface area contributed by atoms with Crippen LogP contribution >= 0.6 is 0 Å². The molecule has 4 rings (SSSR count). The molecule has 0 aromatic carbocycles. The lowest BCUT2D eigenvalue weighted by Gasteiger charge is -2.32. The highest BCUT2D eigenvalue weighted by Gasteiger charge is 2.28. The second-order valence-electron chi connectivity index (χ2n) is 6.72. The number of piperidine rings is 1. The summed E-state index contributed by atoms with van der Waals surface area (Å²) in [5.41, 5.74) is 2.37. The van der Waals surface area contributed by atoms with E-state index in [1.54, 1.807) is 0 Å². The Labute approximate surface area is 146 Å². The van der Waals surface area contributed by atoms with Crippen molar-refractivity contribution in [3.05, 3.63) is 47.4 Å². The Balaban J connectivity index is 1.58. The van der Waals surface area contributed by atoms with E-state index in [2.05, 4.69) is 15.1 Å². The highest BCUT2D eigenvalue weighted by Crippen LogP contribution is 2.23. The molecule has 0 bridgehead atoms. The van der Waals surface area contributed by atoms with E-state index >= 15 is 0 Å². The predicted octanol–water partition coefficient (Wildman–Crippen LogP) is 2.33. The second-order valence-corrected chi connectivity index (χ2v) is 6.72. The van der Waals surface area contributed by atoms with Crippen molar-refractivity contribution in [2.45, 2.75) is 39.7 Å². The topological polar surface area (TPSA) is 68.3 Å². The maximum absolute atomic E-state index is 13.0. The fraction of sp³-hybridized carbons (Fsp3) is 0.444. The molecule has 3 aromatic heterocycles. The van der Waals surface area contributed by atoms with Crippen molar-refractivity contribution in [1.29, 1.82) is 0 Å². The maximum atomic E-state index is 13.0. The first-order chi connectivity index (χ1) is 12.0. The molecule has 0 spiro atoms. The molecule has 130 valence electrons. The monoisotopic (exact) mass is 338 g/mol. The second kappa shape index (κ2) is 5.98. The van der Waals surface area contributed by atoms with Crippen LogP contribution in [0.1, 0.15) is 46.7 Å². The van der Waals surface area contributed by atoms with Gasteiger partial charge in [-0.3, -0.25) is 4.79 Å². The van der Waals surface area contributed by atoms with E-state index in [0.717, 1.165) is 42.4 Å². The zero-order valence-electron chi connectivity index (χ0n) is 14.8. The summed E-state index contributed by atoms with van der Waals surface area (Å²) in [5.74, 6) is 1.67. The van der Waals surface area contributed by atoms with E-state index in [1.165, 1.54) is 0 Å². The van der Waals surface area contributed by atoms with Gasteiger partial charge in [-0.25, -0.2) is 14.6 Å². The van der Waals surface area contributed by atoms with Crippen molar-refractivity contribution in [2.24, 2.45) is 0 Å². The molecule has 1 amide bonds. The van der Waals surface area contributed by atoms with Crippen LogP contribution < -0.4 is 0 Å². The molecule has 1 atom stereocenters. The van der Waals surface area contributed by atoms with Crippen LogP contribution in [0, 0.1) is 20.8 Å². The summed E-state index contributed by atoms with van der Waals surface area (Å²) in [6.07, 6.45) is 3.81. The number of hydrogen-bond donors (Lipinski definition) is 0. The van der Waals surface area contributed by atoms with Crippen LogP contribution in [-0.4, -0.2) is 48.0 Å². The number of aryl methyl sites for hydroxylation is 3. The van der Waals surface area contributed by atoms with Crippen molar-refractivity contribution in [2.75, 3.05) is 13.1 Å². The summed E-state index contributed by atoms with van der Waals surface area (Å²) in [4.78, 5) is 23.7. The summed E-state index contributed by atoms with van der Waals surface area (Å²) < 4.78 is 3.92. The van der Waals surface area contributed by atoms with E-state index in [-0.39, 0.29) is 11.9 Å². The summed E-state index contributed by atoms with van der Waals surface area (Å²) in [5, 5.41) is 4.49. The Morgan fingerprint density at radius 2 is 2.04 bits per heavy atom. The van der Waals surface area contributed by atoms with E-state index in [1.807, 2.05) is 59.1 Å². The minimum Gasteiger partial charge on any atom is -0.335 e. The fourth-order valence-corrected chi connectivity index (χ4v) is 3.63. The molecule has 3 aromatic rings.